The molecule has 0 aromatic carbocycles. The summed E-state index contributed by atoms with van der Waals surface area (Å²) in [6.07, 6.45) is 13.1. The zero-order valence-electron chi connectivity index (χ0n) is 32.6. The summed E-state index contributed by atoms with van der Waals surface area (Å²) in [5, 5.41) is -16.7. The van der Waals surface area contributed by atoms with Gasteiger partial charge in [0.1, 0.15) is 6.61 Å². The first kappa shape index (κ1) is 44.1. The molecule has 12 aliphatic rings. The summed E-state index contributed by atoms with van der Waals surface area (Å²) in [4.78, 5) is 0. The van der Waals surface area contributed by atoms with Crippen molar-refractivity contribution in [3.05, 3.63) is 0 Å². The Morgan fingerprint density at radius 3 is 1.14 bits per heavy atom. The van der Waals surface area contributed by atoms with Gasteiger partial charge < -0.3 is 24.2 Å². The van der Waals surface area contributed by atoms with E-state index in [0.29, 0.717) is 75.5 Å². The van der Waals surface area contributed by atoms with E-state index in [0.717, 1.165) is 57.8 Å². The van der Waals surface area contributed by atoms with E-state index in [-0.39, 0.29) is 47.6 Å². The molecule has 0 aromatic heterocycles. The maximum absolute atomic E-state index is 16.9. The van der Waals surface area contributed by atoms with Gasteiger partial charge >= 0.3 is 15.8 Å². The van der Waals surface area contributed by atoms with Gasteiger partial charge in [0.15, 0.2) is 0 Å². The van der Waals surface area contributed by atoms with Gasteiger partial charge in [-0.3, -0.25) is 4.21 Å². The van der Waals surface area contributed by atoms with Gasteiger partial charge in [-0.15, -0.1) is 0 Å². The van der Waals surface area contributed by atoms with Crippen molar-refractivity contribution in [2.24, 2.45) is 69.5 Å². The van der Waals surface area contributed by atoms with E-state index >= 15 is 26.3 Å². The fourth-order valence-electron chi connectivity index (χ4n) is 15.6. The molecule has 12 fully saturated rings. The Kier molecular flexibility index (Phi) is 11.2. The van der Waals surface area contributed by atoms with E-state index in [1.807, 2.05) is 0 Å². The highest BCUT2D eigenvalue weighted by Crippen LogP contribution is 2.63. The first-order chi connectivity index (χ1) is 26.5. The first-order valence-corrected chi connectivity index (χ1v) is 25.2. The second-order valence-electron chi connectivity index (χ2n) is 21.1. The third-order valence-corrected chi connectivity index (χ3v) is 21.3. The predicted octanol–water partition coefficient (Wildman–Crippen LogP) is 7.00. The fraction of sp³-hybridized carbons (Fsp3) is 1.00. The molecule has 0 aliphatic heterocycles. The Morgan fingerprint density at radius 1 is 0.534 bits per heavy atom. The van der Waals surface area contributed by atoms with Gasteiger partial charge in [-0.1, -0.05) is 0 Å². The van der Waals surface area contributed by atoms with Crippen LogP contribution in [0.1, 0.15) is 116 Å². The van der Waals surface area contributed by atoms with Gasteiger partial charge in [0.2, 0.25) is 10.9 Å². The lowest BCUT2D eigenvalue weighted by atomic mass is 9.50. The van der Waals surface area contributed by atoms with E-state index in [4.69, 9.17) is 14.2 Å². The molecular formula is C39H57F6O10S3-. The van der Waals surface area contributed by atoms with E-state index in [1.165, 1.54) is 0 Å². The lowest BCUT2D eigenvalue weighted by Gasteiger charge is -2.57. The van der Waals surface area contributed by atoms with Crippen molar-refractivity contribution in [1.29, 1.82) is 0 Å². The highest BCUT2D eigenvalue weighted by Gasteiger charge is 2.71. The number of alkyl halides is 6. The third-order valence-electron chi connectivity index (χ3n) is 16.4. The average molecular weight is 896 g/mol. The van der Waals surface area contributed by atoms with Crippen LogP contribution in [0.4, 0.5) is 26.3 Å². The summed E-state index contributed by atoms with van der Waals surface area (Å²) in [6.45, 7) is -3.74. The minimum absolute atomic E-state index is 0. The van der Waals surface area contributed by atoms with E-state index in [2.05, 4.69) is 0 Å². The average Bonchev–Trinajstić information content (AvgIpc) is 3.05. The van der Waals surface area contributed by atoms with Crippen molar-refractivity contribution in [3.8, 4) is 0 Å². The largest absolute Gasteiger partial charge is 0.768 e. The van der Waals surface area contributed by atoms with Crippen LogP contribution in [0.15, 0.2) is 0 Å². The van der Waals surface area contributed by atoms with Crippen LogP contribution in [-0.2, 0) is 45.0 Å². The number of hydrogen-bond donors (Lipinski definition) is 0. The molecule has 0 spiro atoms. The molecule has 334 valence electrons. The minimum atomic E-state index is -7.09. The molecular weight excluding hydrogens is 839 g/mol. The second-order valence-corrected chi connectivity index (χ2v) is 26.3. The molecule has 3 atom stereocenters. The van der Waals surface area contributed by atoms with Crippen LogP contribution >= 0.6 is 0 Å². The zero-order valence-corrected chi connectivity index (χ0v) is 35.0. The SMILES string of the molecule is O.O=S([O-])C(F)(F)C(OCC12CC3CC(CC(C3)C1)C2)S(=O)(=O)C(F)(F)C(OCC12CC3CC(CC(C3)C1)C2)S(=O)(=O)C(F)(F)COCC12CC3CC(CC(C3)C1)C2. The molecule has 12 saturated carbocycles. The molecule has 58 heavy (non-hydrogen) atoms. The Bertz CT molecular complexity index is 1720. The smallest absolute Gasteiger partial charge is 0.388 e. The highest BCUT2D eigenvalue weighted by atomic mass is 32.2. The predicted molar refractivity (Wildman–Crippen MR) is 197 cm³/mol. The molecule has 0 heterocycles. The number of rotatable bonds is 17. The molecule has 2 N–H and O–H groups in total. The van der Waals surface area contributed by atoms with Gasteiger partial charge in [0.05, 0.1) is 19.8 Å². The molecule has 0 aromatic rings. The summed E-state index contributed by atoms with van der Waals surface area (Å²) >= 11 is -4.65. The van der Waals surface area contributed by atoms with Crippen molar-refractivity contribution >= 4 is 30.8 Å². The van der Waals surface area contributed by atoms with Crippen LogP contribution in [0.5, 0.6) is 0 Å². The van der Waals surface area contributed by atoms with Gasteiger partial charge in [-0.05, 0) is 185 Å². The summed E-state index contributed by atoms with van der Waals surface area (Å²) in [6, 6.07) is 0. The molecule has 0 radical (unpaired) electrons. The monoisotopic (exact) mass is 895 g/mol. The molecule has 0 amide bonds. The number of sulfone groups is 2. The van der Waals surface area contributed by atoms with Crippen molar-refractivity contribution in [3.63, 3.8) is 0 Å². The number of halogens is 6. The maximum Gasteiger partial charge on any atom is 0.388 e. The molecule has 19 heteroatoms. The number of ether oxygens (including phenoxy) is 3. The van der Waals surface area contributed by atoms with Gasteiger partial charge in [-0.2, -0.15) is 26.3 Å². The van der Waals surface area contributed by atoms with Gasteiger partial charge in [0, 0.05) is 11.1 Å². The van der Waals surface area contributed by atoms with Gasteiger partial charge in [0.25, 0.3) is 19.7 Å². The number of hydrogen-bond acceptors (Lipinski definition) is 9. The Hall–Kier alpha value is -0.570. The summed E-state index contributed by atoms with van der Waals surface area (Å²) in [5.41, 5.74) is -10.5. The summed E-state index contributed by atoms with van der Waals surface area (Å²) in [7, 11) is -13.8. The van der Waals surface area contributed by atoms with Crippen LogP contribution in [0.3, 0.4) is 0 Å². The van der Waals surface area contributed by atoms with Crippen LogP contribution in [0.2, 0.25) is 0 Å². The van der Waals surface area contributed by atoms with Crippen molar-refractivity contribution in [2.75, 3.05) is 26.4 Å². The first-order valence-electron chi connectivity index (χ1n) is 21.0. The van der Waals surface area contributed by atoms with Crippen LogP contribution in [0, 0.1) is 69.5 Å². The topological polar surface area (TPSA) is 168 Å². The Balaban J connectivity index is 0.00000469. The Morgan fingerprint density at radius 2 is 0.828 bits per heavy atom. The standard InChI is InChI=1S/C39H56F6O9S3.H2O/c40-37(41,22-52-19-34-10-23-1-24(11-34)3-25(2-23)12-34)56(48,49)33(54-21-36-16-29-7-30(17-36)9-31(8-29)18-36)39(44,45)57(50,51)32(38(42,43)55(46)47)53-20-35-13-26-4-27(14-35)6-28(5-26)15-35;/h23-33H,1-22H2,(H,46,47);1H2/p-1. The quantitative estimate of drug-likeness (QED) is 0.110. The van der Waals surface area contributed by atoms with E-state index in [9.17, 15) is 25.6 Å². The molecule has 3 unspecified atom stereocenters. The molecule has 12 bridgehead atoms. The maximum atomic E-state index is 16.9. The highest BCUT2D eigenvalue weighted by molar-refractivity contribution is 7.97. The summed E-state index contributed by atoms with van der Waals surface area (Å²) in [5.74, 6) is 2.27. The normalized spacial score (nSPS) is 43.1. The summed E-state index contributed by atoms with van der Waals surface area (Å²) < 4.78 is 193. The van der Waals surface area contributed by atoms with Crippen molar-refractivity contribution in [2.45, 2.75) is 142 Å². The lowest BCUT2D eigenvalue weighted by Crippen LogP contribution is -2.60. The second kappa shape index (κ2) is 14.7. The zero-order chi connectivity index (χ0) is 40.6. The minimum Gasteiger partial charge on any atom is -0.768 e. The molecule has 10 nitrogen and oxygen atoms in total. The van der Waals surface area contributed by atoms with Crippen LogP contribution < -0.4 is 0 Å². The van der Waals surface area contributed by atoms with Crippen molar-refractivity contribution < 1.29 is 71.6 Å². The molecule has 0 saturated heterocycles. The third kappa shape index (κ3) is 7.45. The van der Waals surface area contributed by atoms with E-state index in [1.54, 1.807) is 0 Å². The van der Waals surface area contributed by atoms with Crippen LogP contribution in [-0.4, -0.2) is 84.1 Å². The van der Waals surface area contributed by atoms with E-state index < -0.39 is 93.5 Å². The molecule has 12 aliphatic carbocycles. The van der Waals surface area contributed by atoms with Gasteiger partial charge in [-0.25, -0.2) is 16.8 Å². The Labute approximate surface area is 339 Å². The molecule has 12 rings (SSSR count). The van der Waals surface area contributed by atoms with Crippen molar-refractivity contribution in [1.82, 2.24) is 0 Å². The van der Waals surface area contributed by atoms with Crippen LogP contribution in [0.25, 0.3) is 0 Å². The fourth-order valence-corrected chi connectivity index (χ4v) is 19.6. The lowest BCUT2D eigenvalue weighted by molar-refractivity contribution is -0.138.